The first-order valence-corrected chi connectivity index (χ1v) is 6.83. The summed E-state index contributed by atoms with van der Waals surface area (Å²) in [7, 11) is 0. The van der Waals surface area contributed by atoms with Crippen LogP contribution in [0.15, 0.2) is 24.3 Å². The Kier molecular flexibility index (Phi) is 6.52. The molecule has 0 radical (unpaired) electrons. The summed E-state index contributed by atoms with van der Waals surface area (Å²) >= 11 is 0. The maximum Gasteiger partial charge on any atom is 0.322 e. The highest BCUT2D eigenvalue weighted by molar-refractivity contribution is 5.85. The Hall–Kier alpha value is -2.24. The topological polar surface area (TPSA) is 84.9 Å². The number of ether oxygens (including phenoxy) is 2. The van der Waals surface area contributed by atoms with Crippen molar-refractivity contribution in [1.82, 2.24) is 5.32 Å². The molecule has 0 aliphatic heterocycles. The number of hydrogen-bond acceptors (Lipinski definition) is 4. The molecule has 1 rings (SSSR count). The molecule has 1 aromatic carbocycles. The summed E-state index contributed by atoms with van der Waals surface area (Å²) in [5.74, 6) is -0.659. The van der Waals surface area contributed by atoms with Crippen LogP contribution >= 0.6 is 0 Å². The van der Waals surface area contributed by atoms with Gasteiger partial charge in [0, 0.05) is 0 Å². The Bertz CT molecular complexity index is 487. The van der Waals surface area contributed by atoms with E-state index < -0.39 is 24.5 Å². The minimum absolute atomic E-state index is 0.117. The van der Waals surface area contributed by atoms with Crippen molar-refractivity contribution in [3.05, 3.63) is 24.3 Å². The molecule has 0 saturated carbocycles. The van der Waals surface area contributed by atoms with Gasteiger partial charge in [0.25, 0.3) is 5.91 Å². The van der Waals surface area contributed by atoms with Crippen molar-refractivity contribution in [3.8, 4) is 11.5 Å². The lowest BCUT2D eigenvalue weighted by Gasteiger charge is -2.22. The number of nitrogens with one attached hydrogen (secondary N) is 1. The summed E-state index contributed by atoms with van der Waals surface area (Å²) in [6, 6.07) is 7.06. The number of rotatable bonds is 8. The van der Waals surface area contributed by atoms with E-state index in [0.717, 1.165) is 0 Å². The molecule has 6 nitrogen and oxygen atoms in total. The van der Waals surface area contributed by atoms with Crippen LogP contribution in [0.2, 0.25) is 0 Å². The minimum Gasteiger partial charge on any atom is -0.490 e. The molecule has 21 heavy (non-hydrogen) atoms. The molecule has 116 valence electrons. The third-order valence-corrected chi connectivity index (χ3v) is 2.68. The average Bonchev–Trinajstić information content (AvgIpc) is 2.43. The SMILES string of the molecule is CCOc1ccccc1OC(C(=O)NCC(=O)O)C(C)C. The smallest absolute Gasteiger partial charge is 0.322 e. The molecule has 0 aliphatic carbocycles. The Balaban J connectivity index is 2.83. The van der Waals surface area contributed by atoms with Crippen LogP contribution in [0, 0.1) is 5.92 Å². The number of carbonyl (C=O) groups is 2. The molecule has 0 aromatic heterocycles. The van der Waals surface area contributed by atoms with Crippen LogP contribution in [0.3, 0.4) is 0 Å². The van der Waals surface area contributed by atoms with Crippen molar-refractivity contribution < 1.29 is 24.2 Å². The van der Waals surface area contributed by atoms with Gasteiger partial charge in [-0.3, -0.25) is 9.59 Å². The fourth-order valence-electron chi connectivity index (χ4n) is 1.71. The van der Waals surface area contributed by atoms with Crippen molar-refractivity contribution in [2.24, 2.45) is 5.92 Å². The maximum absolute atomic E-state index is 12.0. The molecule has 1 amide bonds. The Morgan fingerprint density at radius 3 is 2.38 bits per heavy atom. The first-order valence-electron chi connectivity index (χ1n) is 6.83. The highest BCUT2D eigenvalue weighted by Gasteiger charge is 2.25. The number of hydrogen-bond donors (Lipinski definition) is 2. The van der Waals surface area contributed by atoms with Gasteiger partial charge >= 0.3 is 5.97 Å². The number of carbonyl (C=O) groups excluding carboxylic acids is 1. The number of aliphatic carboxylic acids is 1. The second-order valence-electron chi connectivity index (χ2n) is 4.77. The molecule has 0 fully saturated rings. The van der Waals surface area contributed by atoms with E-state index in [9.17, 15) is 9.59 Å². The van der Waals surface area contributed by atoms with Crippen LogP contribution in [0.25, 0.3) is 0 Å². The monoisotopic (exact) mass is 295 g/mol. The molecule has 0 spiro atoms. The summed E-state index contributed by atoms with van der Waals surface area (Å²) in [5.41, 5.74) is 0. The van der Waals surface area contributed by atoms with E-state index >= 15 is 0 Å². The Labute approximate surface area is 124 Å². The highest BCUT2D eigenvalue weighted by Crippen LogP contribution is 2.28. The van der Waals surface area contributed by atoms with Crippen LogP contribution in [-0.2, 0) is 9.59 Å². The van der Waals surface area contributed by atoms with Crippen molar-refractivity contribution in [3.63, 3.8) is 0 Å². The van der Waals surface area contributed by atoms with Gasteiger partial charge in [0.05, 0.1) is 6.61 Å². The highest BCUT2D eigenvalue weighted by atomic mass is 16.5. The third kappa shape index (κ3) is 5.33. The maximum atomic E-state index is 12.0. The van der Waals surface area contributed by atoms with Gasteiger partial charge in [-0.1, -0.05) is 26.0 Å². The molecular formula is C15H21NO5. The predicted molar refractivity (Wildman–Crippen MR) is 77.5 cm³/mol. The van der Waals surface area contributed by atoms with Gasteiger partial charge in [0.15, 0.2) is 17.6 Å². The fourth-order valence-corrected chi connectivity index (χ4v) is 1.71. The van der Waals surface area contributed by atoms with Crippen LogP contribution in [0.4, 0.5) is 0 Å². The molecule has 2 N–H and O–H groups in total. The summed E-state index contributed by atoms with van der Waals surface area (Å²) in [6.07, 6.45) is -0.786. The number of carboxylic acids is 1. The van der Waals surface area contributed by atoms with Crippen LogP contribution in [0.5, 0.6) is 11.5 Å². The lowest BCUT2D eigenvalue weighted by molar-refractivity contribution is -0.139. The van der Waals surface area contributed by atoms with E-state index in [4.69, 9.17) is 14.6 Å². The zero-order valence-corrected chi connectivity index (χ0v) is 12.5. The van der Waals surface area contributed by atoms with E-state index in [0.29, 0.717) is 18.1 Å². The van der Waals surface area contributed by atoms with Gasteiger partial charge in [0.2, 0.25) is 0 Å². The quantitative estimate of drug-likeness (QED) is 0.762. The molecule has 1 unspecified atom stereocenters. The summed E-state index contributed by atoms with van der Waals surface area (Å²) in [4.78, 5) is 22.5. The second-order valence-corrected chi connectivity index (χ2v) is 4.77. The standard InChI is InChI=1S/C15H21NO5/c1-4-20-11-7-5-6-8-12(11)21-14(10(2)3)15(19)16-9-13(17)18/h5-8,10,14H,4,9H2,1-3H3,(H,16,19)(H,17,18). The largest absolute Gasteiger partial charge is 0.490 e. The van der Waals surface area contributed by atoms with E-state index in [1.807, 2.05) is 26.8 Å². The normalized spacial score (nSPS) is 11.8. The molecule has 1 atom stereocenters. The summed E-state index contributed by atoms with van der Waals surface area (Å²) in [6.45, 7) is 5.56. The van der Waals surface area contributed by atoms with E-state index in [1.165, 1.54) is 0 Å². The van der Waals surface area contributed by atoms with E-state index in [2.05, 4.69) is 5.32 Å². The second kappa shape index (κ2) is 8.14. The van der Waals surface area contributed by atoms with E-state index in [-0.39, 0.29) is 5.92 Å². The zero-order chi connectivity index (χ0) is 15.8. The van der Waals surface area contributed by atoms with Gasteiger partial charge in [-0.05, 0) is 25.0 Å². The third-order valence-electron chi connectivity index (χ3n) is 2.68. The molecule has 6 heteroatoms. The van der Waals surface area contributed by atoms with Gasteiger partial charge in [0.1, 0.15) is 6.54 Å². The van der Waals surface area contributed by atoms with Gasteiger partial charge in [-0.25, -0.2) is 0 Å². The number of carboxylic acid groups (broad SMARTS) is 1. The average molecular weight is 295 g/mol. The fraction of sp³-hybridized carbons (Fsp3) is 0.467. The van der Waals surface area contributed by atoms with Crippen LogP contribution in [-0.4, -0.2) is 36.2 Å². The van der Waals surface area contributed by atoms with Crippen molar-refractivity contribution in [2.75, 3.05) is 13.2 Å². The first kappa shape index (κ1) is 16.8. The lowest BCUT2D eigenvalue weighted by atomic mass is 10.1. The van der Waals surface area contributed by atoms with Gasteiger partial charge < -0.3 is 19.9 Å². The van der Waals surface area contributed by atoms with Gasteiger partial charge in [-0.15, -0.1) is 0 Å². The number of para-hydroxylation sites is 2. The predicted octanol–water partition coefficient (Wildman–Crippen LogP) is 1.69. The van der Waals surface area contributed by atoms with Crippen molar-refractivity contribution >= 4 is 11.9 Å². The number of amides is 1. The Morgan fingerprint density at radius 1 is 1.24 bits per heavy atom. The minimum atomic E-state index is -1.10. The van der Waals surface area contributed by atoms with Crippen molar-refractivity contribution in [1.29, 1.82) is 0 Å². The Morgan fingerprint density at radius 2 is 1.86 bits per heavy atom. The molecule has 1 aromatic rings. The lowest BCUT2D eigenvalue weighted by Crippen LogP contribution is -2.43. The van der Waals surface area contributed by atoms with Crippen molar-refractivity contribution in [2.45, 2.75) is 26.9 Å². The first-order chi connectivity index (χ1) is 9.95. The zero-order valence-electron chi connectivity index (χ0n) is 12.5. The summed E-state index contributed by atoms with van der Waals surface area (Å²) < 4.78 is 11.2. The van der Waals surface area contributed by atoms with Crippen LogP contribution < -0.4 is 14.8 Å². The molecule has 0 saturated heterocycles. The van der Waals surface area contributed by atoms with Crippen LogP contribution in [0.1, 0.15) is 20.8 Å². The molecule has 0 bridgehead atoms. The molecular weight excluding hydrogens is 274 g/mol. The molecule has 0 heterocycles. The molecule has 0 aliphatic rings. The van der Waals surface area contributed by atoms with E-state index in [1.54, 1.807) is 18.2 Å². The van der Waals surface area contributed by atoms with Gasteiger partial charge in [-0.2, -0.15) is 0 Å². The number of benzene rings is 1. The summed E-state index contributed by atoms with van der Waals surface area (Å²) in [5, 5.41) is 10.9.